The van der Waals surface area contributed by atoms with Crippen LogP contribution >= 0.6 is 11.3 Å². The fraction of sp³-hybridized carbons (Fsp3) is 0.217. The lowest BCUT2D eigenvalue weighted by molar-refractivity contribution is 0.102. The molecule has 0 spiro atoms. The van der Waals surface area contributed by atoms with Crippen molar-refractivity contribution in [3.63, 3.8) is 0 Å². The second kappa shape index (κ2) is 8.09. The zero-order valence-corrected chi connectivity index (χ0v) is 16.9. The zero-order valence-electron chi connectivity index (χ0n) is 16.1. The Labute approximate surface area is 173 Å². The van der Waals surface area contributed by atoms with Gasteiger partial charge in [-0.3, -0.25) is 9.59 Å². The van der Waals surface area contributed by atoms with Crippen LogP contribution in [0.3, 0.4) is 0 Å². The summed E-state index contributed by atoms with van der Waals surface area (Å²) in [4.78, 5) is 27.0. The lowest BCUT2D eigenvalue weighted by atomic mass is 9.88. The number of amides is 2. The number of rotatable bonds is 4. The van der Waals surface area contributed by atoms with Crippen molar-refractivity contribution in [1.82, 2.24) is 0 Å². The molecule has 29 heavy (non-hydrogen) atoms. The van der Waals surface area contributed by atoms with Gasteiger partial charge < -0.3 is 15.7 Å². The lowest BCUT2D eigenvalue weighted by Crippen LogP contribution is -2.19. The van der Waals surface area contributed by atoms with Gasteiger partial charge in [0, 0.05) is 10.4 Å². The third kappa shape index (κ3) is 4.03. The van der Waals surface area contributed by atoms with Crippen molar-refractivity contribution in [2.75, 3.05) is 10.6 Å². The van der Waals surface area contributed by atoms with Crippen molar-refractivity contribution in [2.24, 2.45) is 5.92 Å². The number of para-hydroxylation sites is 2. The van der Waals surface area contributed by atoms with Gasteiger partial charge in [-0.25, -0.2) is 0 Å². The molecule has 0 radical (unpaired) electrons. The molecule has 1 aliphatic rings. The predicted octanol–water partition coefficient (Wildman–Crippen LogP) is 5.08. The normalized spacial score (nSPS) is 15.4. The van der Waals surface area contributed by atoms with E-state index in [1.54, 1.807) is 30.3 Å². The molecule has 2 aromatic carbocycles. The third-order valence-electron chi connectivity index (χ3n) is 5.15. The number of hydrogen-bond donors (Lipinski definition) is 3. The van der Waals surface area contributed by atoms with Gasteiger partial charge in [-0.2, -0.15) is 0 Å². The highest BCUT2D eigenvalue weighted by atomic mass is 32.1. The van der Waals surface area contributed by atoms with E-state index in [0.717, 1.165) is 29.7 Å². The van der Waals surface area contributed by atoms with Crippen molar-refractivity contribution in [1.29, 1.82) is 0 Å². The average molecular weight is 407 g/mol. The molecule has 0 unspecified atom stereocenters. The van der Waals surface area contributed by atoms with E-state index in [2.05, 4.69) is 17.6 Å². The Bertz CT molecular complexity index is 1060. The first-order valence-electron chi connectivity index (χ1n) is 9.63. The van der Waals surface area contributed by atoms with E-state index in [1.165, 1.54) is 17.4 Å². The lowest BCUT2D eigenvalue weighted by Gasteiger charge is -2.18. The van der Waals surface area contributed by atoms with Crippen LogP contribution in [0.15, 0.2) is 54.6 Å². The van der Waals surface area contributed by atoms with Crippen LogP contribution in [0.4, 0.5) is 10.7 Å². The standard InChI is InChI=1S/C23H22N2O3S/c1-14-11-12-16-19(13-14)29-23(25-21(27)15-7-3-2-4-8-15)20(16)22(28)24-17-9-5-6-10-18(17)26/h2-10,14,26H,11-13H2,1H3,(H,24,28)(H,25,27)/t14-/m1/s1. The molecule has 6 heteroatoms. The minimum atomic E-state index is -0.318. The molecule has 0 saturated carbocycles. The Kier molecular flexibility index (Phi) is 5.36. The number of anilines is 2. The van der Waals surface area contributed by atoms with Crippen molar-refractivity contribution < 1.29 is 14.7 Å². The van der Waals surface area contributed by atoms with Gasteiger partial charge in [0.15, 0.2) is 0 Å². The molecule has 2 amide bonds. The van der Waals surface area contributed by atoms with Crippen LogP contribution in [0.1, 0.15) is 44.5 Å². The van der Waals surface area contributed by atoms with Crippen LogP contribution in [-0.2, 0) is 12.8 Å². The van der Waals surface area contributed by atoms with Crippen LogP contribution in [0.25, 0.3) is 0 Å². The molecule has 148 valence electrons. The Morgan fingerprint density at radius 1 is 1.00 bits per heavy atom. The first-order chi connectivity index (χ1) is 14.0. The highest BCUT2D eigenvalue weighted by Crippen LogP contribution is 2.40. The van der Waals surface area contributed by atoms with Gasteiger partial charge in [0.1, 0.15) is 10.8 Å². The first-order valence-corrected chi connectivity index (χ1v) is 10.4. The van der Waals surface area contributed by atoms with E-state index in [1.807, 2.05) is 18.2 Å². The van der Waals surface area contributed by atoms with Gasteiger partial charge in [0.05, 0.1) is 11.3 Å². The third-order valence-corrected chi connectivity index (χ3v) is 6.32. The highest BCUT2D eigenvalue weighted by molar-refractivity contribution is 7.17. The number of benzene rings is 2. The molecule has 1 atom stereocenters. The van der Waals surface area contributed by atoms with Gasteiger partial charge in [0.25, 0.3) is 11.8 Å². The molecule has 1 aromatic heterocycles. The molecule has 3 aromatic rings. The predicted molar refractivity (Wildman–Crippen MR) is 116 cm³/mol. The second-order valence-electron chi connectivity index (χ2n) is 7.35. The number of thiophene rings is 1. The van der Waals surface area contributed by atoms with Crippen LogP contribution in [0, 0.1) is 5.92 Å². The van der Waals surface area contributed by atoms with E-state index < -0.39 is 0 Å². The van der Waals surface area contributed by atoms with Gasteiger partial charge >= 0.3 is 0 Å². The summed E-state index contributed by atoms with van der Waals surface area (Å²) in [7, 11) is 0. The molecule has 5 nitrogen and oxygen atoms in total. The van der Waals surface area contributed by atoms with E-state index in [-0.39, 0.29) is 17.6 Å². The smallest absolute Gasteiger partial charge is 0.259 e. The maximum absolute atomic E-state index is 13.2. The number of nitrogens with one attached hydrogen (secondary N) is 2. The van der Waals surface area contributed by atoms with Crippen molar-refractivity contribution >= 4 is 33.8 Å². The van der Waals surface area contributed by atoms with Crippen LogP contribution < -0.4 is 10.6 Å². The average Bonchev–Trinajstić information content (AvgIpc) is 3.07. The number of fused-ring (bicyclic) bond motifs is 1. The molecule has 1 heterocycles. The summed E-state index contributed by atoms with van der Waals surface area (Å²) in [5.74, 6) is -0.00267. The van der Waals surface area contributed by atoms with Gasteiger partial charge in [0.2, 0.25) is 0 Å². The molecular formula is C23H22N2O3S. The largest absolute Gasteiger partial charge is 0.506 e. The summed E-state index contributed by atoms with van der Waals surface area (Å²) in [5.41, 5.74) is 2.40. The van der Waals surface area contributed by atoms with Gasteiger partial charge in [-0.1, -0.05) is 37.3 Å². The summed E-state index contributed by atoms with van der Waals surface area (Å²) < 4.78 is 0. The van der Waals surface area contributed by atoms with E-state index in [0.29, 0.717) is 27.7 Å². The Balaban J connectivity index is 1.68. The number of phenols is 1. The zero-order chi connectivity index (χ0) is 20.4. The van der Waals surface area contributed by atoms with Crippen LogP contribution in [0.2, 0.25) is 0 Å². The summed E-state index contributed by atoms with van der Waals surface area (Å²) in [6, 6.07) is 15.6. The molecule has 0 saturated heterocycles. The Hall–Kier alpha value is -3.12. The number of phenolic OH excluding ortho intramolecular Hbond substituents is 1. The van der Waals surface area contributed by atoms with E-state index >= 15 is 0 Å². The molecule has 4 rings (SSSR count). The Morgan fingerprint density at radius 3 is 2.48 bits per heavy atom. The summed E-state index contributed by atoms with van der Waals surface area (Å²) in [6.07, 6.45) is 2.71. The van der Waals surface area contributed by atoms with E-state index in [9.17, 15) is 14.7 Å². The van der Waals surface area contributed by atoms with Gasteiger partial charge in [-0.15, -0.1) is 11.3 Å². The van der Waals surface area contributed by atoms with Crippen molar-refractivity contribution in [2.45, 2.75) is 26.2 Å². The molecule has 0 fully saturated rings. The molecule has 1 aliphatic carbocycles. The molecule has 0 aliphatic heterocycles. The fourth-order valence-electron chi connectivity index (χ4n) is 3.61. The second-order valence-corrected chi connectivity index (χ2v) is 8.45. The maximum atomic E-state index is 13.2. The quantitative estimate of drug-likeness (QED) is 0.529. The first kappa shape index (κ1) is 19.2. The topological polar surface area (TPSA) is 78.4 Å². The summed E-state index contributed by atoms with van der Waals surface area (Å²) >= 11 is 1.48. The minimum Gasteiger partial charge on any atom is -0.506 e. The number of carbonyl (C=O) groups excluding carboxylic acids is 2. The highest BCUT2D eigenvalue weighted by Gasteiger charge is 2.28. The van der Waals surface area contributed by atoms with Crippen LogP contribution in [-0.4, -0.2) is 16.9 Å². The van der Waals surface area contributed by atoms with E-state index in [4.69, 9.17) is 0 Å². The van der Waals surface area contributed by atoms with Crippen LogP contribution in [0.5, 0.6) is 5.75 Å². The van der Waals surface area contributed by atoms with Crippen molar-refractivity contribution in [3.05, 3.63) is 76.2 Å². The number of carbonyl (C=O) groups is 2. The Morgan fingerprint density at radius 2 is 1.72 bits per heavy atom. The summed E-state index contributed by atoms with van der Waals surface area (Å²) in [5, 5.41) is 16.3. The minimum absolute atomic E-state index is 0.00782. The molecule has 3 N–H and O–H groups in total. The number of hydrogen-bond acceptors (Lipinski definition) is 4. The molecular weight excluding hydrogens is 384 g/mol. The fourth-order valence-corrected chi connectivity index (χ4v) is 5.01. The monoisotopic (exact) mass is 406 g/mol. The summed E-state index contributed by atoms with van der Waals surface area (Å²) in [6.45, 7) is 2.20. The SMILES string of the molecule is C[C@@H]1CCc2c(sc(NC(=O)c3ccccc3)c2C(=O)Nc2ccccc2O)C1. The maximum Gasteiger partial charge on any atom is 0.259 e. The number of aromatic hydroxyl groups is 1. The van der Waals surface area contributed by atoms with Gasteiger partial charge in [-0.05, 0) is 55.0 Å². The molecule has 0 bridgehead atoms. The van der Waals surface area contributed by atoms with Crippen molar-refractivity contribution in [3.8, 4) is 5.75 Å².